The first-order valence-electron chi connectivity index (χ1n) is 10.2. The summed E-state index contributed by atoms with van der Waals surface area (Å²) in [7, 11) is 0. The molecule has 0 amide bonds. The molecule has 1 unspecified atom stereocenters. The van der Waals surface area contributed by atoms with Crippen LogP contribution in [-0.4, -0.2) is 28.4 Å². The zero-order valence-corrected chi connectivity index (χ0v) is 16.4. The van der Waals surface area contributed by atoms with Crippen LogP contribution in [0.25, 0.3) is 0 Å². The monoisotopic (exact) mass is 414 g/mol. The predicted molar refractivity (Wildman–Crippen MR) is 108 cm³/mol. The highest BCUT2D eigenvalue weighted by Gasteiger charge is 2.41. The van der Waals surface area contributed by atoms with Crippen LogP contribution in [0.15, 0.2) is 60.7 Å². The summed E-state index contributed by atoms with van der Waals surface area (Å²) < 4.78 is 35.2. The molecule has 2 aromatic carbocycles. The van der Waals surface area contributed by atoms with E-state index in [1.165, 1.54) is 30.3 Å². The van der Waals surface area contributed by atoms with E-state index in [2.05, 4.69) is 0 Å². The van der Waals surface area contributed by atoms with E-state index in [1.54, 1.807) is 30.3 Å². The Kier molecular flexibility index (Phi) is 5.60. The maximum Gasteiger partial charge on any atom is 0.335 e. The van der Waals surface area contributed by atoms with Crippen LogP contribution in [0.2, 0.25) is 0 Å². The molecule has 2 aliphatic rings. The van der Waals surface area contributed by atoms with Crippen LogP contribution in [0.4, 0.5) is 8.78 Å². The highest BCUT2D eigenvalue weighted by molar-refractivity contribution is 5.88. The van der Waals surface area contributed by atoms with Gasteiger partial charge >= 0.3 is 11.9 Å². The molecule has 0 bridgehead atoms. The lowest BCUT2D eigenvalue weighted by Crippen LogP contribution is -2.29. The lowest BCUT2D eigenvalue weighted by atomic mass is 9.88. The van der Waals surface area contributed by atoms with Crippen molar-refractivity contribution in [2.45, 2.75) is 43.8 Å². The number of halogens is 2. The van der Waals surface area contributed by atoms with Gasteiger partial charge in [0.1, 0.15) is 18.0 Å². The number of rotatable bonds is 5. The van der Waals surface area contributed by atoms with Crippen LogP contribution in [-0.2, 0) is 12.3 Å². The smallest absolute Gasteiger partial charge is 0.335 e. The molecule has 30 heavy (non-hydrogen) atoms. The van der Waals surface area contributed by atoms with Crippen molar-refractivity contribution >= 4 is 5.97 Å². The zero-order chi connectivity index (χ0) is 21.3. The summed E-state index contributed by atoms with van der Waals surface area (Å²) in [6.07, 6.45) is 4.03. The van der Waals surface area contributed by atoms with Crippen LogP contribution >= 0.6 is 0 Å². The average molecular weight is 414 g/mol. The molecule has 1 heterocycles. The third kappa shape index (κ3) is 3.97. The number of carbonyl (C=O) groups is 1. The van der Waals surface area contributed by atoms with Gasteiger partial charge in [-0.15, -0.1) is 0 Å². The Hall–Kier alpha value is -2.73. The lowest BCUT2D eigenvalue weighted by Gasteiger charge is -2.23. The van der Waals surface area contributed by atoms with Crippen LogP contribution in [0, 0.1) is 11.8 Å². The van der Waals surface area contributed by atoms with E-state index in [9.17, 15) is 23.8 Å². The quantitative estimate of drug-likeness (QED) is 0.689. The van der Waals surface area contributed by atoms with Gasteiger partial charge in [-0.1, -0.05) is 48.6 Å². The number of aliphatic hydroxyl groups is 1. The lowest BCUT2D eigenvalue weighted by molar-refractivity contribution is -0.0929. The fraction of sp³-hybridized carbons (Fsp3) is 0.375. The Bertz CT molecular complexity index is 941. The van der Waals surface area contributed by atoms with Gasteiger partial charge in [0.25, 0.3) is 0 Å². The van der Waals surface area contributed by atoms with Crippen LogP contribution in [0.3, 0.4) is 0 Å². The summed E-state index contributed by atoms with van der Waals surface area (Å²) in [6.45, 7) is 0. The van der Waals surface area contributed by atoms with Gasteiger partial charge in [-0.25, -0.2) is 4.79 Å². The second-order valence-corrected chi connectivity index (χ2v) is 8.05. The first kappa shape index (κ1) is 20.5. The van der Waals surface area contributed by atoms with E-state index in [-0.39, 0.29) is 29.1 Å². The molecule has 1 fully saturated rings. The molecule has 1 saturated carbocycles. The number of benzene rings is 2. The Morgan fingerprint density at radius 1 is 1.13 bits per heavy atom. The first-order valence-corrected chi connectivity index (χ1v) is 10.2. The highest BCUT2D eigenvalue weighted by atomic mass is 19.3. The van der Waals surface area contributed by atoms with E-state index in [0.29, 0.717) is 5.75 Å². The molecule has 6 heteroatoms. The summed E-state index contributed by atoms with van der Waals surface area (Å²) in [5.41, 5.74) is 0.939. The number of carboxylic acids is 1. The molecule has 4 atom stereocenters. The van der Waals surface area contributed by atoms with Crippen LogP contribution in [0.5, 0.6) is 5.75 Å². The Labute approximate surface area is 173 Å². The van der Waals surface area contributed by atoms with E-state index in [4.69, 9.17) is 4.74 Å². The number of fused-ring (bicyclic) bond motifs is 2. The Morgan fingerprint density at radius 2 is 1.90 bits per heavy atom. The second kappa shape index (κ2) is 8.19. The van der Waals surface area contributed by atoms with E-state index >= 15 is 0 Å². The fourth-order valence-corrected chi connectivity index (χ4v) is 4.53. The molecule has 0 saturated heterocycles. The second-order valence-electron chi connectivity index (χ2n) is 8.05. The molecular weight excluding hydrogens is 390 g/mol. The molecule has 2 N–H and O–H groups in total. The maximum absolute atomic E-state index is 14.5. The van der Waals surface area contributed by atoms with Gasteiger partial charge in [-0.3, -0.25) is 0 Å². The third-order valence-corrected chi connectivity index (χ3v) is 6.22. The van der Waals surface area contributed by atoms with E-state index in [0.717, 1.165) is 31.2 Å². The van der Waals surface area contributed by atoms with Crippen molar-refractivity contribution in [1.82, 2.24) is 0 Å². The van der Waals surface area contributed by atoms with Crippen molar-refractivity contribution in [2.24, 2.45) is 11.8 Å². The number of aryl methyl sites for hydroxylation is 1. The van der Waals surface area contributed by atoms with Crippen molar-refractivity contribution in [1.29, 1.82) is 0 Å². The summed E-state index contributed by atoms with van der Waals surface area (Å²) in [5, 5.41) is 19.3. The van der Waals surface area contributed by atoms with Gasteiger partial charge in [-0.05, 0) is 49.3 Å². The fourth-order valence-electron chi connectivity index (χ4n) is 4.53. The minimum Gasteiger partial charge on any atom is -0.490 e. The number of alkyl halides is 2. The molecular formula is C24H24F2O4. The number of hydrogen-bond donors (Lipinski definition) is 2. The van der Waals surface area contributed by atoms with Gasteiger partial charge < -0.3 is 14.9 Å². The number of aromatic carboxylic acids is 1. The minimum atomic E-state index is -3.36. The molecule has 0 spiro atoms. The molecule has 4 nitrogen and oxygen atoms in total. The van der Waals surface area contributed by atoms with Crippen molar-refractivity contribution in [3.05, 3.63) is 77.4 Å². The highest BCUT2D eigenvalue weighted by Crippen LogP contribution is 2.43. The predicted octanol–water partition coefficient (Wildman–Crippen LogP) is 4.81. The minimum absolute atomic E-state index is 0.0319. The zero-order valence-electron chi connectivity index (χ0n) is 16.4. The van der Waals surface area contributed by atoms with E-state index in [1.807, 2.05) is 0 Å². The SMILES string of the molecule is O=C(O)c1ccc2c(c1)O[C@H]1CC[C@H](/C=C/C(O)C(F)(F)c3ccccc3)[C@H]1CC2. The maximum atomic E-state index is 14.5. The summed E-state index contributed by atoms with van der Waals surface area (Å²) in [4.78, 5) is 11.2. The number of ether oxygens (including phenoxy) is 1. The molecule has 1 aliphatic carbocycles. The molecule has 1 aliphatic heterocycles. The van der Waals surface area contributed by atoms with Crippen LogP contribution in [0.1, 0.15) is 40.7 Å². The first-order chi connectivity index (χ1) is 14.4. The van der Waals surface area contributed by atoms with E-state index < -0.39 is 18.0 Å². The van der Waals surface area contributed by atoms with Crippen molar-refractivity contribution in [2.75, 3.05) is 0 Å². The number of carboxylic acid groups (broad SMARTS) is 1. The van der Waals surface area contributed by atoms with Crippen molar-refractivity contribution in [3.63, 3.8) is 0 Å². The Morgan fingerprint density at radius 3 is 2.63 bits per heavy atom. The molecule has 0 radical (unpaired) electrons. The summed E-state index contributed by atoms with van der Waals surface area (Å²) in [5.74, 6) is -3.59. The van der Waals surface area contributed by atoms with Gasteiger partial charge in [0.05, 0.1) is 5.56 Å². The number of allylic oxidation sites excluding steroid dienone is 1. The Balaban J connectivity index is 1.47. The van der Waals surface area contributed by atoms with Gasteiger partial charge in [0, 0.05) is 11.5 Å². The largest absolute Gasteiger partial charge is 0.490 e. The summed E-state index contributed by atoms with van der Waals surface area (Å²) in [6, 6.07) is 12.3. The molecule has 4 rings (SSSR count). The van der Waals surface area contributed by atoms with Gasteiger partial charge in [0.2, 0.25) is 0 Å². The normalized spacial score (nSPS) is 24.6. The standard InChI is InChI=1S/C24H24F2O4/c25-24(26,18-4-2-1-3-5-18)22(27)13-10-15-9-12-20-19(15)11-8-16-6-7-17(23(28)29)14-21(16)30-20/h1-7,10,13-15,19-20,22,27H,8-9,11-12H2,(H,28,29)/b13-10+/t15-,19-,20+,22?/m1/s1. The summed E-state index contributed by atoms with van der Waals surface area (Å²) >= 11 is 0. The third-order valence-electron chi connectivity index (χ3n) is 6.22. The average Bonchev–Trinajstić information content (AvgIpc) is 3.02. The molecule has 2 aromatic rings. The number of aliphatic hydroxyl groups excluding tert-OH is 1. The molecule has 158 valence electrons. The van der Waals surface area contributed by atoms with Crippen LogP contribution < -0.4 is 4.74 Å². The van der Waals surface area contributed by atoms with Crippen molar-refractivity contribution < 1.29 is 28.5 Å². The molecule has 0 aromatic heterocycles. The van der Waals surface area contributed by atoms with Gasteiger partial charge in [0.15, 0.2) is 0 Å². The number of hydrogen-bond acceptors (Lipinski definition) is 3. The topological polar surface area (TPSA) is 66.8 Å². The van der Waals surface area contributed by atoms with Gasteiger partial charge in [-0.2, -0.15) is 8.78 Å². The van der Waals surface area contributed by atoms with Crippen molar-refractivity contribution in [3.8, 4) is 5.75 Å².